The topological polar surface area (TPSA) is 120 Å². The Balaban J connectivity index is 3.03. The fourth-order valence-electron chi connectivity index (χ4n) is 3.47. The second kappa shape index (κ2) is 43.5. The van der Waals surface area contributed by atoms with Gasteiger partial charge in [0, 0.05) is 13.7 Å². The molecule has 0 aromatic heterocycles. The molecule has 0 aliphatic rings. The van der Waals surface area contributed by atoms with E-state index in [-0.39, 0.29) is 0 Å². The zero-order valence-corrected chi connectivity index (χ0v) is 28.5. The van der Waals surface area contributed by atoms with E-state index in [1.54, 1.807) is 7.11 Å². The molecule has 13 heteroatoms. The molecule has 0 bridgehead atoms. The van der Waals surface area contributed by atoms with E-state index in [0.29, 0.717) is 159 Å². The van der Waals surface area contributed by atoms with Crippen LogP contribution >= 0.6 is 0 Å². The largest absolute Gasteiger partial charge is 0.382 e. The molecule has 0 rings (SSSR count). The van der Waals surface area contributed by atoms with Gasteiger partial charge in [0.1, 0.15) is 0 Å². The summed E-state index contributed by atoms with van der Waals surface area (Å²) in [5.74, 6) is 0. The summed E-state index contributed by atoms with van der Waals surface area (Å²) in [6.45, 7) is 16.1. The lowest BCUT2D eigenvalue weighted by Gasteiger charge is -2.09. The van der Waals surface area contributed by atoms with Crippen LogP contribution in [0.5, 0.6) is 0 Å². The molecular formula is C32H66O13. The zero-order valence-electron chi connectivity index (χ0n) is 28.5. The Morgan fingerprint density at radius 3 is 0.644 bits per heavy atom. The van der Waals surface area contributed by atoms with E-state index in [9.17, 15) is 0 Å². The van der Waals surface area contributed by atoms with Gasteiger partial charge in [-0.2, -0.15) is 0 Å². The summed E-state index contributed by atoms with van der Waals surface area (Å²) in [7, 11) is 1.65. The molecule has 0 N–H and O–H groups in total. The van der Waals surface area contributed by atoms with Crippen molar-refractivity contribution < 1.29 is 61.6 Å². The van der Waals surface area contributed by atoms with Crippen LogP contribution in [-0.4, -0.2) is 172 Å². The summed E-state index contributed by atoms with van der Waals surface area (Å²) in [6.07, 6.45) is 6.28. The lowest BCUT2D eigenvalue weighted by molar-refractivity contribution is -0.0287. The van der Waals surface area contributed by atoms with Crippen molar-refractivity contribution in [1.29, 1.82) is 0 Å². The van der Waals surface area contributed by atoms with Crippen molar-refractivity contribution in [2.24, 2.45) is 0 Å². The first-order valence-corrected chi connectivity index (χ1v) is 16.8. The number of unbranched alkanes of at least 4 members (excludes halogenated alkanes) is 4. The third-order valence-electron chi connectivity index (χ3n) is 5.92. The number of hydrogen-bond donors (Lipinski definition) is 0. The SMILES string of the molecule is CCCCCCCOCCOCCOCCOCCOCCOCCOCCOCCOCCOCCOCCOCCOC. The quantitative estimate of drug-likeness (QED) is 0.0896. The maximum atomic E-state index is 5.56. The summed E-state index contributed by atoms with van der Waals surface area (Å²) < 4.78 is 70.5. The van der Waals surface area contributed by atoms with Gasteiger partial charge in [-0.1, -0.05) is 32.6 Å². The Morgan fingerprint density at radius 2 is 0.422 bits per heavy atom. The number of rotatable bonds is 42. The molecule has 0 fully saturated rings. The van der Waals surface area contributed by atoms with Gasteiger partial charge in [0.15, 0.2) is 0 Å². The van der Waals surface area contributed by atoms with E-state index in [4.69, 9.17) is 61.6 Å². The number of ether oxygens (including phenoxy) is 13. The van der Waals surface area contributed by atoms with Crippen molar-refractivity contribution in [1.82, 2.24) is 0 Å². The first-order chi connectivity index (χ1) is 22.4. The van der Waals surface area contributed by atoms with Gasteiger partial charge in [-0.3, -0.25) is 0 Å². The fourth-order valence-corrected chi connectivity index (χ4v) is 3.47. The molecule has 45 heavy (non-hydrogen) atoms. The lowest BCUT2D eigenvalue weighted by Crippen LogP contribution is -2.15. The van der Waals surface area contributed by atoms with Crippen LogP contribution in [0.1, 0.15) is 39.0 Å². The maximum Gasteiger partial charge on any atom is 0.0701 e. The summed E-state index contributed by atoms with van der Waals surface area (Å²) >= 11 is 0. The van der Waals surface area contributed by atoms with Crippen LogP contribution in [0.3, 0.4) is 0 Å². The van der Waals surface area contributed by atoms with E-state index in [1.807, 2.05) is 0 Å². The van der Waals surface area contributed by atoms with E-state index in [2.05, 4.69) is 6.92 Å². The summed E-state index contributed by atoms with van der Waals surface area (Å²) in [6, 6.07) is 0. The van der Waals surface area contributed by atoms with Crippen molar-refractivity contribution in [3.63, 3.8) is 0 Å². The Kier molecular flexibility index (Phi) is 43.0. The van der Waals surface area contributed by atoms with Crippen LogP contribution in [0.2, 0.25) is 0 Å². The first kappa shape index (κ1) is 44.5. The van der Waals surface area contributed by atoms with E-state index in [0.717, 1.165) is 13.0 Å². The molecule has 0 radical (unpaired) electrons. The van der Waals surface area contributed by atoms with Gasteiger partial charge in [0.05, 0.1) is 159 Å². The highest BCUT2D eigenvalue weighted by Crippen LogP contribution is 2.02. The highest BCUT2D eigenvalue weighted by atomic mass is 16.6. The van der Waals surface area contributed by atoms with Gasteiger partial charge in [0.2, 0.25) is 0 Å². The maximum absolute atomic E-state index is 5.56. The highest BCUT2D eigenvalue weighted by molar-refractivity contribution is 4.42. The molecule has 0 aliphatic heterocycles. The average Bonchev–Trinajstić information content (AvgIpc) is 3.05. The Hall–Kier alpha value is -0.520. The van der Waals surface area contributed by atoms with E-state index >= 15 is 0 Å². The van der Waals surface area contributed by atoms with E-state index in [1.165, 1.54) is 25.7 Å². The smallest absolute Gasteiger partial charge is 0.0701 e. The second-order valence-electron chi connectivity index (χ2n) is 9.76. The fraction of sp³-hybridized carbons (Fsp3) is 1.00. The van der Waals surface area contributed by atoms with Crippen LogP contribution < -0.4 is 0 Å². The lowest BCUT2D eigenvalue weighted by atomic mass is 10.2. The molecule has 0 saturated heterocycles. The Morgan fingerprint density at radius 1 is 0.222 bits per heavy atom. The predicted octanol–water partition coefficient (Wildman–Crippen LogP) is 2.80. The molecule has 0 saturated carbocycles. The molecule has 0 atom stereocenters. The highest BCUT2D eigenvalue weighted by Gasteiger charge is 1.97. The van der Waals surface area contributed by atoms with Crippen molar-refractivity contribution in [2.45, 2.75) is 39.0 Å². The van der Waals surface area contributed by atoms with Gasteiger partial charge >= 0.3 is 0 Å². The normalized spacial score (nSPS) is 11.6. The second-order valence-corrected chi connectivity index (χ2v) is 9.76. The average molecular weight is 659 g/mol. The van der Waals surface area contributed by atoms with Crippen LogP contribution in [-0.2, 0) is 61.6 Å². The monoisotopic (exact) mass is 658 g/mol. The summed E-state index contributed by atoms with van der Waals surface area (Å²) in [5, 5.41) is 0. The molecule has 272 valence electrons. The van der Waals surface area contributed by atoms with Gasteiger partial charge in [-0.25, -0.2) is 0 Å². The summed E-state index contributed by atoms with van der Waals surface area (Å²) in [4.78, 5) is 0. The predicted molar refractivity (Wildman–Crippen MR) is 170 cm³/mol. The first-order valence-electron chi connectivity index (χ1n) is 16.8. The molecule has 0 amide bonds. The molecular weight excluding hydrogens is 592 g/mol. The van der Waals surface area contributed by atoms with Gasteiger partial charge in [-0.15, -0.1) is 0 Å². The number of hydrogen-bond acceptors (Lipinski definition) is 13. The Labute approximate surface area is 273 Å². The van der Waals surface area contributed by atoms with Crippen LogP contribution in [0, 0.1) is 0 Å². The number of methoxy groups -OCH3 is 1. The zero-order chi connectivity index (χ0) is 32.4. The van der Waals surface area contributed by atoms with Gasteiger partial charge in [-0.05, 0) is 6.42 Å². The van der Waals surface area contributed by atoms with Crippen LogP contribution in [0.4, 0.5) is 0 Å². The van der Waals surface area contributed by atoms with Crippen molar-refractivity contribution in [2.75, 3.05) is 172 Å². The third kappa shape index (κ3) is 43.5. The molecule has 0 spiro atoms. The van der Waals surface area contributed by atoms with Crippen LogP contribution in [0.15, 0.2) is 0 Å². The van der Waals surface area contributed by atoms with E-state index < -0.39 is 0 Å². The minimum Gasteiger partial charge on any atom is -0.382 e. The molecule has 0 aliphatic carbocycles. The summed E-state index contributed by atoms with van der Waals surface area (Å²) in [5.41, 5.74) is 0. The third-order valence-corrected chi connectivity index (χ3v) is 5.92. The minimum absolute atomic E-state index is 0.517. The molecule has 0 unspecified atom stereocenters. The molecule has 0 aromatic carbocycles. The van der Waals surface area contributed by atoms with Crippen molar-refractivity contribution >= 4 is 0 Å². The molecule has 0 aromatic rings. The minimum atomic E-state index is 0.517. The Bertz CT molecular complexity index is 464. The van der Waals surface area contributed by atoms with Crippen molar-refractivity contribution in [3.05, 3.63) is 0 Å². The van der Waals surface area contributed by atoms with Gasteiger partial charge < -0.3 is 61.6 Å². The van der Waals surface area contributed by atoms with Crippen LogP contribution in [0.25, 0.3) is 0 Å². The van der Waals surface area contributed by atoms with Gasteiger partial charge in [0.25, 0.3) is 0 Å². The van der Waals surface area contributed by atoms with Crippen molar-refractivity contribution in [3.8, 4) is 0 Å². The standard InChI is InChI=1S/C32H66O13/c1-3-4-5-6-7-8-34-11-12-36-15-16-38-19-20-40-23-24-42-27-28-44-31-32-45-30-29-43-26-25-41-22-21-39-18-17-37-14-13-35-10-9-33-2/h3-32H2,1-2H3. The molecule has 13 nitrogen and oxygen atoms in total. The molecule has 0 heterocycles.